The molecule has 1 aromatic heterocycles. The van der Waals surface area contributed by atoms with Crippen LogP contribution in [-0.4, -0.2) is 27.2 Å². The Hall–Kier alpha value is -1.33. The summed E-state index contributed by atoms with van der Waals surface area (Å²) in [6.07, 6.45) is 2.60. The number of nitrogens with one attached hydrogen (secondary N) is 1. The maximum Gasteiger partial charge on any atom is 0.247 e. The lowest BCUT2D eigenvalue weighted by Crippen LogP contribution is -2.32. The van der Waals surface area contributed by atoms with E-state index >= 15 is 0 Å². The molecule has 2 heterocycles. The maximum atomic E-state index is 5.68. The third-order valence-corrected chi connectivity index (χ3v) is 5.10. The first-order valence-corrected chi connectivity index (χ1v) is 7.96. The van der Waals surface area contributed by atoms with Gasteiger partial charge in [-0.3, -0.25) is 0 Å². The molecular weight excluding hydrogens is 270 g/mol. The van der Waals surface area contributed by atoms with Crippen LogP contribution in [0.15, 0.2) is 34.7 Å². The van der Waals surface area contributed by atoms with Crippen molar-refractivity contribution in [2.24, 2.45) is 0 Å². The van der Waals surface area contributed by atoms with E-state index in [0.717, 1.165) is 12.1 Å². The molecule has 1 saturated heterocycles. The summed E-state index contributed by atoms with van der Waals surface area (Å²) in [6, 6.07) is 9.86. The van der Waals surface area contributed by atoms with Crippen LogP contribution in [0.2, 0.25) is 0 Å². The van der Waals surface area contributed by atoms with Crippen molar-refractivity contribution in [3.05, 3.63) is 36.2 Å². The topological polar surface area (TPSA) is 51.0 Å². The number of thioether (sulfide) groups is 1. The van der Waals surface area contributed by atoms with E-state index in [4.69, 9.17) is 4.42 Å². The highest BCUT2D eigenvalue weighted by molar-refractivity contribution is 8.00. The van der Waals surface area contributed by atoms with Crippen LogP contribution in [-0.2, 0) is 6.54 Å². The lowest BCUT2D eigenvalue weighted by atomic mass is 10.1. The van der Waals surface area contributed by atoms with Gasteiger partial charge in [0.05, 0.1) is 6.54 Å². The number of nitrogens with zero attached hydrogens (tertiary/aromatic N) is 2. The number of rotatable bonds is 5. The van der Waals surface area contributed by atoms with Gasteiger partial charge in [-0.05, 0) is 37.7 Å². The molecule has 0 bridgehead atoms. The molecule has 0 saturated carbocycles. The highest BCUT2D eigenvalue weighted by atomic mass is 32.2. The molecule has 20 heavy (non-hydrogen) atoms. The van der Waals surface area contributed by atoms with Gasteiger partial charge in [-0.25, -0.2) is 0 Å². The lowest BCUT2D eigenvalue weighted by molar-refractivity contribution is 0.458. The largest absolute Gasteiger partial charge is 0.419 e. The van der Waals surface area contributed by atoms with Gasteiger partial charge in [0.1, 0.15) is 0 Å². The van der Waals surface area contributed by atoms with Gasteiger partial charge in [-0.15, -0.1) is 10.2 Å². The van der Waals surface area contributed by atoms with Crippen molar-refractivity contribution in [3.63, 3.8) is 0 Å². The average molecular weight is 289 g/mol. The van der Waals surface area contributed by atoms with Crippen LogP contribution in [0.25, 0.3) is 11.5 Å². The van der Waals surface area contributed by atoms with Crippen molar-refractivity contribution < 1.29 is 4.42 Å². The molecule has 1 aliphatic rings. The molecule has 0 amide bonds. The van der Waals surface area contributed by atoms with Gasteiger partial charge >= 0.3 is 0 Å². The molecule has 0 spiro atoms. The van der Waals surface area contributed by atoms with E-state index in [9.17, 15) is 0 Å². The van der Waals surface area contributed by atoms with Crippen molar-refractivity contribution in [1.82, 2.24) is 15.5 Å². The quantitative estimate of drug-likeness (QED) is 0.916. The van der Waals surface area contributed by atoms with Crippen LogP contribution in [0, 0.1) is 0 Å². The second-order valence-electron chi connectivity index (χ2n) is 5.37. The standard InChI is InChI=1S/C15H19N3OS/c1-15(8-5-9-20-15)11-16-10-13-17-18-14(19-13)12-6-3-2-4-7-12/h2-4,6-7,16H,5,8-11H2,1H3. The van der Waals surface area contributed by atoms with Gasteiger partial charge in [0.15, 0.2) is 0 Å². The molecule has 1 N–H and O–H groups in total. The van der Waals surface area contributed by atoms with E-state index < -0.39 is 0 Å². The Kier molecular flexibility index (Phi) is 4.08. The number of hydrogen-bond acceptors (Lipinski definition) is 5. The van der Waals surface area contributed by atoms with Crippen molar-refractivity contribution in [2.45, 2.75) is 31.1 Å². The molecule has 1 fully saturated rings. The van der Waals surface area contributed by atoms with E-state index in [0.29, 0.717) is 23.1 Å². The SMILES string of the molecule is CC1(CNCc2nnc(-c3ccccc3)o2)CCCS1. The predicted octanol–water partition coefficient (Wildman–Crippen LogP) is 3.11. The van der Waals surface area contributed by atoms with E-state index in [1.165, 1.54) is 18.6 Å². The van der Waals surface area contributed by atoms with Crippen LogP contribution in [0.1, 0.15) is 25.7 Å². The molecule has 2 aromatic rings. The fourth-order valence-corrected chi connectivity index (χ4v) is 3.71. The summed E-state index contributed by atoms with van der Waals surface area (Å²) in [5.74, 6) is 2.51. The van der Waals surface area contributed by atoms with E-state index in [1.54, 1.807) is 0 Å². The molecule has 4 nitrogen and oxygen atoms in total. The first-order valence-electron chi connectivity index (χ1n) is 6.98. The van der Waals surface area contributed by atoms with Crippen molar-refractivity contribution in [3.8, 4) is 11.5 Å². The minimum atomic E-state index is 0.363. The molecule has 5 heteroatoms. The van der Waals surface area contributed by atoms with Crippen molar-refractivity contribution >= 4 is 11.8 Å². The predicted molar refractivity (Wildman–Crippen MR) is 81.5 cm³/mol. The zero-order valence-corrected chi connectivity index (χ0v) is 12.4. The summed E-state index contributed by atoms with van der Waals surface area (Å²) in [5, 5.41) is 11.6. The first kappa shape index (κ1) is 13.6. The molecular formula is C15H19N3OS. The number of hydrogen-bond donors (Lipinski definition) is 1. The second-order valence-corrected chi connectivity index (χ2v) is 7.05. The number of aromatic nitrogens is 2. The van der Waals surface area contributed by atoms with Crippen LogP contribution in [0.5, 0.6) is 0 Å². The molecule has 3 rings (SSSR count). The fourth-order valence-electron chi connectivity index (χ4n) is 2.43. The summed E-state index contributed by atoms with van der Waals surface area (Å²) < 4.78 is 6.04. The normalized spacial score (nSPS) is 22.2. The van der Waals surface area contributed by atoms with Gasteiger partial charge in [-0.2, -0.15) is 11.8 Å². The Balaban J connectivity index is 1.55. The molecule has 106 valence electrons. The minimum absolute atomic E-state index is 0.363. The smallest absolute Gasteiger partial charge is 0.247 e. The molecule has 1 aromatic carbocycles. The first-order chi connectivity index (χ1) is 9.75. The lowest BCUT2D eigenvalue weighted by Gasteiger charge is -2.22. The van der Waals surface area contributed by atoms with Crippen LogP contribution < -0.4 is 5.32 Å². The highest BCUT2D eigenvalue weighted by Gasteiger charge is 2.28. The molecule has 0 radical (unpaired) electrons. The van der Waals surface area contributed by atoms with Crippen LogP contribution >= 0.6 is 11.8 Å². The van der Waals surface area contributed by atoms with Gasteiger partial charge < -0.3 is 9.73 Å². The Bertz CT molecular complexity index is 549. The summed E-state index contributed by atoms with van der Waals surface area (Å²) >= 11 is 2.05. The van der Waals surface area contributed by atoms with E-state index in [2.05, 4.69) is 34.2 Å². The summed E-state index contributed by atoms with van der Waals surface area (Å²) in [5.41, 5.74) is 0.963. The van der Waals surface area contributed by atoms with Gasteiger partial charge in [0.25, 0.3) is 0 Å². The Morgan fingerprint density at radius 3 is 2.90 bits per heavy atom. The van der Waals surface area contributed by atoms with Crippen LogP contribution in [0.4, 0.5) is 0 Å². The third kappa shape index (κ3) is 3.22. The highest BCUT2D eigenvalue weighted by Crippen LogP contribution is 2.36. The molecule has 0 aliphatic carbocycles. The average Bonchev–Trinajstić information content (AvgIpc) is 3.10. The summed E-state index contributed by atoms with van der Waals surface area (Å²) in [6.45, 7) is 3.94. The zero-order valence-electron chi connectivity index (χ0n) is 11.6. The van der Waals surface area contributed by atoms with E-state index in [-0.39, 0.29) is 0 Å². The Labute approximate surface area is 123 Å². The van der Waals surface area contributed by atoms with Crippen molar-refractivity contribution in [2.75, 3.05) is 12.3 Å². The molecule has 1 aliphatic heterocycles. The van der Waals surface area contributed by atoms with E-state index in [1.807, 2.05) is 30.3 Å². The summed E-state index contributed by atoms with van der Waals surface area (Å²) in [4.78, 5) is 0. The van der Waals surface area contributed by atoms with Gasteiger partial charge in [-0.1, -0.05) is 18.2 Å². The van der Waals surface area contributed by atoms with Gasteiger partial charge in [0.2, 0.25) is 11.8 Å². The van der Waals surface area contributed by atoms with Gasteiger partial charge in [0, 0.05) is 16.9 Å². The van der Waals surface area contributed by atoms with Crippen LogP contribution in [0.3, 0.4) is 0 Å². The minimum Gasteiger partial charge on any atom is -0.419 e. The Morgan fingerprint density at radius 2 is 2.15 bits per heavy atom. The van der Waals surface area contributed by atoms with Crippen molar-refractivity contribution in [1.29, 1.82) is 0 Å². The summed E-state index contributed by atoms with van der Waals surface area (Å²) in [7, 11) is 0. The second kappa shape index (κ2) is 5.97. The zero-order chi connectivity index (χ0) is 13.8. The maximum absolute atomic E-state index is 5.68. The molecule has 1 unspecified atom stereocenters. The number of benzene rings is 1. The molecule has 1 atom stereocenters. The fraction of sp³-hybridized carbons (Fsp3) is 0.467. The monoisotopic (exact) mass is 289 g/mol. The third-order valence-electron chi connectivity index (χ3n) is 3.56. The Morgan fingerprint density at radius 1 is 1.30 bits per heavy atom.